The predicted molar refractivity (Wildman–Crippen MR) is 72.0 cm³/mol. The number of rotatable bonds is 4. The van der Waals surface area contributed by atoms with E-state index in [2.05, 4.69) is 0 Å². The summed E-state index contributed by atoms with van der Waals surface area (Å²) < 4.78 is 5.23. The van der Waals surface area contributed by atoms with Crippen molar-refractivity contribution in [1.82, 2.24) is 0 Å². The number of hydrogen-bond acceptors (Lipinski definition) is 5. The highest BCUT2D eigenvalue weighted by Crippen LogP contribution is 2.30. The van der Waals surface area contributed by atoms with Crippen molar-refractivity contribution in [1.29, 1.82) is 0 Å². The molecule has 0 spiro atoms. The molecule has 7 heteroatoms. The Morgan fingerprint density at radius 1 is 1.50 bits per heavy atom. The summed E-state index contributed by atoms with van der Waals surface area (Å²) in [6, 6.07) is 4.24. The van der Waals surface area contributed by atoms with Crippen LogP contribution in [-0.2, 0) is 9.53 Å². The third-order valence-electron chi connectivity index (χ3n) is 3.65. The van der Waals surface area contributed by atoms with Gasteiger partial charge in [0, 0.05) is 24.9 Å². The fourth-order valence-electron chi connectivity index (χ4n) is 2.43. The monoisotopic (exact) mass is 280 g/mol. The quantitative estimate of drug-likeness (QED) is 0.662. The first-order valence-corrected chi connectivity index (χ1v) is 6.20. The van der Waals surface area contributed by atoms with Crippen molar-refractivity contribution < 1.29 is 19.6 Å². The highest BCUT2D eigenvalue weighted by atomic mass is 16.6. The number of nitro benzene ring substituents is 1. The Morgan fingerprint density at radius 3 is 2.80 bits per heavy atom. The van der Waals surface area contributed by atoms with Crippen molar-refractivity contribution in [2.24, 2.45) is 5.92 Å². The summed E-state index contributed by atoms with van der Waals surface area (Å²) in [6.07, 6.45) is 0. The number of likely N-dealkylation sites (N-methyl/N-ethyl adjacent to an activating group) is 1. The summed E-state index contributed by atoms with van der Waals surface area (Å²) in [7, 11) is 1.74. The first-order chi connectivity index (χ1) is 9.41. The van der Waals surface area contributed by atoms with Crippen molar-refractivity contribution in [2.75, 3.05) is 25.2 Å². The van der Waals surface area contributed by atoms with E-state index in [-0.39, 0.29) is 18.3 Å². The van der Waals surface area contributed by atoms with Gasteiger partial charge in [0.05, 0.1) is 24.2 Å². The molecule has 20 heavy (non-hydrogen) atoms. The van der Waals surface area contributed by atoms with Crippen LogP contribution in [0.25, 0.3) is 0 Å². The van der Waals surface area contributed by atoms with Gasteiger partial charge in [0.1, 0.15) is 5.92 Å². The van der Waals surface area contributed by atoms with Crippen molar-refractivity contribution >= 4 is 17.3 Å². The van der Waals surface area contributed by atoms with Crippen LogP contribution in [-0.4, -0.2) is 42.3 Å². The van der Waals surface area contributed by atoms with Gasteiger partial charge in [-0.1, -0.05) is 6.07 Å². The standard InChI is InChI=1S/C13H16N2O5/c1-8-3-4-9(15(18)19)5-11(8)14(2)12-7-20-6-10(12)13(16)17/h3-5,10,12H,6-7H2,1-2H3,(H,16,17). The van der Waals surface area contributed by atoms with Gasteiger partial charge in [0.15, 0.2) is 0 Å². The minimum atomic E-state index is -0.914. The number of nitrogens with zero attached hydrogens (tertiary/aromatic N) is 2. The van der Waals surface area contributed by atoms with Crippen molar-refractivity contribution in [3.8, 4) is 0 Å². The van der Waals surface area contributed by atoms with E-state index in [1.165, 1.54) is 12.1 Å². The van der Waals surface area contributed by atoms with Gasteiger partial charge in [0.2, 0.25) is 0 Å². The van der Waals surface area contributed by atoms with Crippen LogP contribution in [0, 0.1) is 23.0 Å². The zero-order valence-corrected chi connectivity index (χ0v) is 11.3. The highest BCUT2D eigenvalue weighted by Gasteiger charge is 2.37. The molecule has 1 heterocycles. The number of ether oxygens (including phenoxy) is 1. The molecule has 0 aromatic heterocycles. The van der Waals surface area contributed by atoms with Gasteiger partial charge < -0.3 is 14.7 Å². The fraction of sp³-hybridized carbons (Fsp3) is 0.462. The molecule has 108 valence electrons. The maximum absolute atomic E-state index is 11.2. The van der Waals surface area contributed by atoms with E-state index in [9.17, 15) is 20.0 Å². The lowest BCUT2D eigenvalue weighted by molar-refractivity contribution is -0.384. The Hall–Kier alpha value is -2.15. The van der Waals surface area contributed by atoms with E-state index in [1.54, 1.807) is 18.0 Å². The maximum Gasteiger partial charge on any atom is 0.311 e. The number of non-ortho nitro benzene ring substituents is 1. The maximum atomic E-state index is 11.2. The van der Waals surface area contributed by atoms with Crippen LogP contribution in [0.15, 0.2) is 18.2 Å². The zero-order valence-electron chi connectivity index (χ0n) is 11.3. The molecule has 1 aliphatic heterocycles. The Labute approximate surface area is 115 Å². The minimum Gasteiger partial charge on any atom is -0.481 e. The van der Waals surface area contributed by atoms with Gasteiger partial charge in [-0.15, -0.1) is 0 Å². The summed E-state index contributed by atoms with van der Waals surface area (Å²) in [5, 5.41) is 20.0. The zero-order chi connectivity index (χ0) is 14.9. The summed E-state index contributed by atoms with van der Waals surface area (Å²) in [5.74, 6) is -1.54. The van der Waals surface area contributed by atoms with Crippen LogP contribution < -0.4 is 4.90 Å². The molecule has 1 saturated heterocycles. The normalized spacial score (nSPS) is 21.7. The number of aryl methyl sites for hydroxylation is 1. The molecular formula is C13H16N2O5. The highest BCUT2D eigenvalue weighted by molar-refractivity contribution is 5.73. The second kappa shape index (κ2) is 5.46. The number of benzene rings is 1. The molecule has 2 rings (SSSR count). The Balaban J connectivity index is 2.32. The van der Waals surface area contributed by atoms with E-state index < -0.39 is 16.8 Å². The fourth-order valence-corrected chi connectivity index (χ4v) is 2.43. The molecule has 0 radical (unpaired) electrons. The molecule has 0 saturated carbocycles. The van der Waals surface area contributed by atoms with Crippen molar-refractivity contribution in [2.45, 2.75) is 13.0 Å². The number of carboxylic acids is 1. The number of carboxylic acid groups (broad SMARTS) is 1. The second-order valence-electron chi connectivity index (χ2n) is 4.89. The van der Waals surface area contributed by atoms with Gasteiger partial charge in [-0.2, -0.15) is 0 Å². The van der Waals surface area contributed by atoms with Crippen LogP contribution in [0.4, 0.5) is 11.4 Å². The van der Waals surface area contributed by atoms with Gasteiger partial charge in [-0.05, 0) is 12.5 Å². The number of carbonyl (C=O) groups is 1. The minimum absolute atomic E-state index is 0.0109. The van der Waals surface area contributed by atoms with Crippen LogP contribution in [0.1, 0.15) is 5.56 Å². The lowest BCUT2D eigenvalue weighted by atomic mass is 10.0. The smallest absolute Gasteiger partial charge is 0.311 e. The number of nitro groups is 1. The van der Waals surface area contributed by atoms with Crippen molar-refractivity contribution in [3.05, 3.63) is 33.9 Å². The van der Waals surface area contributed by atoms with Crippen LogP contribution >= 0.6 is 0 Å². The van der Waals surface area contributed by atoms with Crippen LogP contribution in [0.5, 0.6) is 0 Å². The predicted octanol–water partition coefficient (Wildman–Crippen LogP) is 1.44. The average molecular weight is 280 g/mol. The molecule has 0 amide bonds. The van der Waals surface area contributed by atoms with E-state index in [1.807, 2.05) is 6.92 Å². The largest absolute Gasteiger partial charge is 0.481 e. The molecule has 1 aliphatic rings. The first-order valence-electron chi connectivity index (χ1n) is 6.20. The first kappa shape index (κ1) is 14.3. The molecular weight excluding hydrogens is 264 g/mol. The SMILES string of the molecule is Cc1ccc([N+](=O)[O-])cc1N(C)C1COCC1C(=O)O. The third-order valence-corrected chi connectivity index (χ3v) is 3.65. The molecule has 1 aromatic rings. The molecule has 2 atom stereocenters. The third kappa shape index (κ3) is 2.57. The second-order valence-corrected chi connectivity index (χ2v) is 4.89. The van der Waals surface area contributed by atoms with E-state index in [4.69, 9.17) is 4.74 Å². The Kier molecular flexibility index (Phi) is 3.89. The van der Waals surface area contributed by atoms with Gasteiger partial charge in [-0.3, -0.25) is 14.9 Å². The molecule has 7 nitrogen and oxygen atoms in total. The molecule has 0 bridgehead atoms. The summed E-state index contributed by atoms with van der Waals surface area (Å²) in [6.45, 7) is 2.30. The topological polar surface area (TPSA) is 92.9 Å². The van der Waals surface area contributed by atoms with Gasteiger partial charge in [-0.25, -0.2) is 0 Å². The molecule has 1 aromatic carbocycles. The molecule has 1 N–H and O–H groups in total. The van der Waals surface area contributed by atoms with Crippen LogP contribution in [0.3, 0.4) is 0 Å². The molecule has 2 unspecified atom stereocenters. The van der Waals surface area contributed by atoms with E-state index >= 15 is 0 Å². The number of aliphatic carboxylic acids is 1. The van der Waals surface area contributed by atoms with E-state index in [0.717, 1.165) is 5.56 Å². The molecule has 1 fully saturated rings. The summed E-state index contributed by atoms with van der Waals surface area (Å²) >= 11 is 0. The van der Waals surface area contributed by atoms with Gasteiger partial charge in [0.25, 0.3) is 5.69 Å². The van der Waals surface area contributed by atoms with Gasteiger partial charge >= 0.3 is 5.97 Å². The summed E-state index contributed by atoms with van der Waals surface area (Å²) in [4.78, 5) is 23.3. The Morgan fingerprint density at radius 2 is 2.20 bits per heavy atom. The summed E-state index contributed by atoms with van der Waals surface area (Å²) in [5.41, 5.74) is 1.50. The number of anilines is 1. The van der Waals surface area contributed by atoms with Crippen LogP contribution in [0.2, 0.25) is 0 Å². The van der Waals surface area contributed by atoms with Crippen molar-refractivity contribution in [3.63, 3.8) is 0 Å². The van der Waals surface area contributed by atoms with E-state index in [0.29, 0.717) is 12.3 Å². The number of hydrogen-bond donors (Lipinski definition) is 1. The lowest BCUT2D eigenvalue weighted by Crippen LogP contribution is -2.41. The lowest BCUT2D eigenvalue weighted by Gasteiger charge is -2.29. The average Bonchev–Trinajstić information content (AvgIpc) is 2.87. The Bertz CT molecular complexity index is 546. The molecule has 0 aliphatic carbocycles.